The van der Waals surface area contributed by atoms with Gasteiger partial charge in [-0.25, -0.2) is 0 Å². The van der Waals surface area contributed by atoms with Gasteiger partial charge in [0.05, 0.1) is 0 Å². The molecule has 108 valence electrons. The van der Waals surface area contributed by atoms with Gasteiger partial charge in [0.2, 0.25) is 0 Å². The lowest BCUT2D eigenvalue weighted by atomic mass is 9.84. The summed E-state index contributed by atoms with van der Waals surface area (Å²) >= 11 is 5.98. The van der Waals surface area contributed by atoms with Crippen LogP contribution in [0.4, 0.5) is 0 Å². The van der Waals surface area contributed by atoms with Gasteiger partial charge in [0.25, 0.3) is 0 Å². The number of ketones is 1. The number of aryl methyl sites for hydroxylation is 1. The highest BCUT2D eigenvalue weighted by atomic mass is 35.5. The molecular formula is C17H22ClNO. The van der Waals surface area contributed by atoms with Crippen molar-refractivity contribution in [2.24, 2.45) is 5.92 Å². The second-order valence-corrected chi connectivity index (χ2v) is 6.68. The highest BCUT2D eigenvalue weighted by Crippen LogP contribution is 2.30. The van der Waals surface area contributed by atoms with Gasteiger partial charge >= 0.3 is 0 Å². The molecule has 3 rings (SSSR count). The van der Waals surface area contributed by atoms with Gasteiger partial charge in [-0.05, 0) is 62.9 Å². The number of rotatable bonds is 3. The topological polar surface area (TPSA) is 20.3 Å². The Morgan fingerprint density at radius 2 is 2.05 bits per heavy atom. The first-order valence-electron chi connectivity index (χ1n) is 7.69. The van der Waals surface area contributed by atoms with E-state index in [4.69, 9.17) is 11.6 Å². The van der Waals surface area contributed by atoms with E-state index in [9.17, 15) is 4.79 Å². The minimum atomic E-state index is 0.171. The average molecular weight is 292 g/mol. The third-order valence-electron chi connectivity index (χ3n) is 4.87. The highest BCUT2D eigenvalue weighted by Gasteiger charge is 2.32. The SMILES string of the molecule is Cc1cc(Cl)ccc1C(=O)C1CCCN(C2CCC2)C1. The fraction of sp³-hybridized carbons (Fsp3) is 0.588. The van der Waals surface area contributed by atoms with Crippen LogP contribution >= 0.6 is 11.6 Å². The fourth-order valence-electron chi connectivity index (χ4n) is 3.43. The lowest BCUT2D eigenvalue weighted by Gasteiger charge is -2.42. The summed E-state index contributed by atoms with van der Waals surface area (Å²) in [4.78, 5) is 15.3. The zero-order valence-electron chi connectivity index (χ0n) is 12.1. The van der Waals surface area contributed by atoms with Crippen molar-refractivity contribution in [2.75, 3.05) is 13.1 Å². The second kappa shape index (κ2) is 5.87. The van der Waals surface area contributed by atoms with E-state index in [0.717, 1.165) is 36.6 Å². The molecule has 1 saturated carbocycles. The maximum atomic E-state index is 12.7. The second-order valence-electron chi connectivity index (χ2n) is 6.24. The van der Waals surface area contributed by atoms with Crippen LogP contribution in [0.2, 0.25) is 5.02 Å². The lowest BCUT2D eigenvalue weighted by Crippen LogP contribution is -2.47. The molecule has 2 fully saturated rings. The molecule has 2 aliphatic rings. The van der Waals surface area contributed by atoms with Crippen molar-refractivity contribution < 1.29 is 4.79 Å². The van der Waals surface area contributed by atoms with Gasteiger partial charge in [-0.15, -0.1) is 0 Å². The summed E-state index contributed by atoms with van der Waals surface area (Å²) in [5, 5.41) is 0.707. The number of hydrogen-bond donors (Lipinski definition) is 0. The molecule has 0 radical (unpaired) electrons. The van der Waals surface area contributed by atoms with Crippen molar-refractivity contribution in [1.82, 2.24) is 4.90 Å². The largest absolute Gasteiger partial charge is 0.300 e. The van der Waals surface area contributed by atoms with Crippen LogP contribution < -0.4 is 0 Å². The van der Waals surface area contributed by atoms with Gasteiger partial charge in [-0.3, -0.25) is 9.69 Å². The van der Waals surface area contributed by atoms with Crippen LogP contribution in [0.5, 0.6) is 0 Å². The molecule has 3 heteroatoms. The Labute approximate surface area is 126 Å². The first-order valence-corrected chi connectivity index (χ1v) is 8.07. The van der Waals surface area contributed by atoms with Crippen molar-refractivity contribution in [3.63, 3.8) is 0 Å². The molecule has 20 heavy (non-hydrogen) atoms. The molecule has 0 aromatic heterocycles. The average Bonchev–Trinajstić information content (AvgIpc) is 2.36. The standard InChI is InChI=1S/C17H22ClNO/c1-12-10-14(18)7-8-16(12)17(20)13-4-3-9-19(11-13)15-5-2-6-15/h7-8,10,13,15H,2-6,9,11H2,1H3. The molecule has 1 aromatic rings. The van der Waals surface area contributed by atoms with E-state index < -0.39 is 0 Å². The number of likely N-dealkylation sites (tertiary alicyclic amines) is 1. The molecule has 1 heterocycles. The smallest absolute Gasteiger partial charge is 0.167 e. The Hall–Kier alpha value is -0.860. The Kier molecular flexibility index (Phi) is 4.13. The molecule has 1 atom stereocenters. The number of nitrogens with zero attached hydrogens (tertiary/aromatic N) is 1. The third kappa shape index (κ3) is 2.77. The Morgan fingerprint density at radius 1 is 1.25 bits per heavy atom. The predicted octanol–water partition coefficient (Wildman–Crippen LogP) is 4.10. The summed E-state index contributed by atoms with van der Waals surface area (Å²) in [6.45, 7) is 4.10. The van der Waals surface area contributed by atoms with Crippen molar-refractivity contribution in [3.05, 3.63) is 34.3 Å². The number of carbonyl (C=O) groups excluding carboxylic acids is 1. The molecule has 1 aliphatic carbocycles. The van der Waals surface area contributed by atoms with E-state index in [1.807, 2.05) is 25.1 Å². The summed E-state index contributed by atoms with van der Waals surface area (Å²) in [5.74, 6) is 0.479. The van der Waals surface area contributed by atoms with Crippen molar-refractivity contribution in [3.8, 4) is 0 Å². The molecule has 1 unspecified atom stereocenters. The predicted molar refractivity (Wildman–Crippen MR) is 82.5 cm³/mol. The van der Waals surface area contributed by atoms with E-state index in [0.29, 0.717) is 10.8 Å². The maximum absolute atomic E-state index is 12.7. The highest BCUT2D eigenvalue weighted by molar-refractivity contribution is 6.30. The van der Waals surface area contributed by atoms with Crippen LogP contribution in [0.15, 0.2) is 18.2 Å². The maximum Gasteiger partial charge on any atom is 0.167 e. The van der Waals surface area contributed by atoms with Gasteiger partial charge in [0, 0.05) is 29.1 Å². The zero-order valence-corrected chi connectivity index (χ0v) is 12.8. The molecule has 1 aliphatic heterocycles. The normalized spacial score (nSPS) is 24.4. The lowest BCUT2D eigenvalue weighted by molar-refractivity contribution is 0.0612. The quantitative estimate of drug-likeness (QED) is 0.782. The molecule has 0 spiro atoms. The number of carbonyl (C=O) groups is 1. The number of halogens is 1. The Bertz CT molecular complexity index is 510. The van der Waals surface area contributed by atoms with E-state index in [1.165, 1.54) is 25.8 Å². The minimum absolute atomic E-state index is 0.171. The monoisotopic (exact) mass is 291 g/mol. The molecule has 0 N–H and O–H groups in total. The molecule has 0 bridgehead atoms. The Morgan fingerprint density at radius 3 is 2.70 bits per heavy atom. The summed E-state index contributed by atoms with van der Waals surface area (Å²) in [7, 11) is 0. The summed E-state index contributed by atoms with van der Waals surface area (Å²) in [6.07, 6.45) is 6.18. The fourth-order valence-corrected chi connectivity index (χ4v) is 3.65. The number of Topliss-reactive ketones (excluding diaryl/α,β-unsaturated/α-hetero) is 1. The number of piperidine rings is 1. The van der Waals surface area contributed by atoms with E-state index in [-0.39, 0.29) is 5.92 Å². The van der Waals surface area contributed by atoms with Crippen LogP contribution in [-0.2, 0) is 0 Å². The van der Waals surface area contributed by atoms with Crippen LogP contribution in [-0.4, -0.2) is 29.8 Å². The van der Waals surface area contributed by atoms with Crippen molar-refractivity contribution >= 4 is 17.4 Å². The third-order valence-corrected chi connectivity index (χ3v) is 5.10. The van der Waals surface area contributed by atoms with Crippen molar-refractivity contribution in [1.29, 1.82) is 0 Å². The molecule has 1 saturated heterocycles. The van der Waals surface area contributed by atoms with Crippen LogP contribution in [0, 0.1) is 12.8 Å². The van der Waals surface area contributed by atoms with Crippen LogP contribution in [0.25, 0.3) is 0 Å². The van der Waals surface area contributed by atoms with E-state index in [2.05, 4.69) is 4.90 Å². The number of hydrogen-bond acceptors (Lipinski definition) is 2. The molecular weight excluding hydrogens is 270 g/mol. The van der Waals surface area contributed by atoms with Gasteiger partial charge < -0.3 is 0 Å². The first-order chi connectivity index (χ1) is 9.65. The van der Waals surface area contributed by atoms with E-state index >= 15 is 0 Å². The zero-order chi connectivity index (χ0) is 14.1. The van der Waals surface area contributed by atoms with Gasteiger partial charge in [0.1, 0.15) is 0 Å². The van der Waals surface area contributed by atoms with Gasteiger partial charge in [0.15, 0.2) is 5.78 Å². The first kappa shape index (κ1) is 14.1. The van der Waals surface area contributed by atoms with E-state index in [1.54, 1.807) is 0 Å². The van der Waals surface area contributed by atoms with Crippen LogP contribution in [0.1, 0.15) is 48.0 Å². The summed E-state index contributed by atoms with van der Waals surface area (Å²) in [6, 6.07) is 6.36. The van der Waals surface area contributed by atoms with Crippen LogP contribution in [0.3, 0.4) is 0 Å². The van der Waals surface area contributed by atoms with Crippen molar-refractivity contribution in [2.45, 2.75) is 45.1 Å². The molecule has 1 aromatic carbocycles. The number of benzene rings is 1. The summed E-state index contributed by atoms with van der Waals surface area (Å²) in [5.41, 5.74) is 1.86. The molecule has 0 amide bonds. The van der Waals surface area contributed by atoms with Gasteiger partial charge in [-0.1, -0.05) is 18.0 Å². The van der Waals surface area contributed by atoms with Gasteiger partial charge in [-0.2, -0.15) is 0 Å². The summed E-state index contributed by atoms with van der Waals surface area (Å²) < 4.78 is 0. The minimum Gasteiger partial charge on any atom is -0.300 e. The Balaban J connectivity index is 1.72. The molecule has 2 nitrogen and oxygen atoms in total.